The summed E-state index contributed by atoms with van der Waals surface area (Å²) >= 11 is 0. The van der Waals surface area contributed by atoms with Gasteiger partial charge in [0.2, 0.25) is 0 Å². The molecule has 1 unspecified atom stereocenters. The van der Waals surface area contributed by atoms with Gasteiger partial charge in [-0.25, -0.2) is 4.39 Å². The Morgan fingerprint density at radius 1 is 1.42 bits per heavy atom. The lowest BCUT2D eigenvalue weighted by Gasteiger charge is -2.17. The molecule has 102 valence electrons. The maximum absolute atomic E-state index is 14.0. The standard InChI is InChI=1S/C15H20FN3/c1-11-4-6-13(14(16)8-11)15(17-2)7-5-12-9-18-19(3)10-12/h4,6,8-10,15,17H,5,7H2,1-3H3. The number of benzene rings is 1. The summed E-state index contributed by atoms with van der Waals surface area (Å²) in [6, 6.07) is 5.44. The van der Waals surface area contributed by atoms with Crippen molar-refractivity contribution in [3.05, 3.63) is 53.1 Å². The summed E-state index contributed by atoms with van der Waals surface area (Å²) in [5.74, 6) is -0.134. The van der Waals surface area contributed by atoms with E-state index >= 15 is 0 Å². The largest absolute Gasteiger partial charge is 0.313 e. The van der Waals surface area contributed by atoms with Crippen LogP contribution >= 0.6 is 0 Å². The number of halogens is 1. The van der Waals surface area contributed by atoms with Crippen molar-refractivity contribution >= 4 is 0 Å². The van der Waals surface area contributed by atoms with Gasteiger partial charge >= 0.3 is 0 Å². The van der Waals surface area contributed by atoms with E-state index in [4.69, 9.17) is 0 Å². The van der Waals surface area contributed by atoms with Crippen LogP contribution in [0.5, 0.6) is 0 Å². The molecule has 0 saturated heterocycles. The van der Waals surface area contributed by atoms with E-state index in [-0.39, 0.29) is 11.9 Å². The van der Waals surface area contributed by atoms with Crippen molar-refractivity contribution in [3.63, 3.8) is 0 Å². The molecule has 0 aliphatic rings. The van der Waals surface area contributed by atoms with Gasteiger partial charge in [-0.1, -0.05) is 12.1 Å². The van der Waals surface area contributed by atoms with Crippen molar-refractivity contribution in [2.45, 2.75) is 25.8 Å². The van der Waals surface area contributed by atoms with Crippen LogP contribution in [-0.4, -0.2) is 16.8 Å². The first-order valence-electron chi connectivity index (χ1n) is 6.51. The summed E-state index contributed by atoms with van der Waals surface area (Å²) in [7, 11) is 3.77. The summed E-state index contributed by atoms with van der Waals surface area (Å²) < 4.78 is 15.7. The third kappa shape index (κ3) is 3.41. The molecule has 0 saturated carbocycles. The third-order valence-corrected chi connectivity index (χ3v) is 3.36. The highest BCUT2D eigenvalue weighted by atomic mass is 19.1. The topological polar surface area (TPSA) is 29.9 Å². The molecule has 1 N–H and O–H groups in total. The van der Waals surface area contributed by atoms with E-state index in [0.29, 0.717) is 0 Å². The second-order valence-corrected chi connectivity index (χ2v) is 4.93. The molecule has 4 heteroatoms. The summed E-state index contributed by atoms with van der Waals surface area (Å²) in [6.45, 7) is 1.90. The maximum atomic E-state index is 14.0. The second kappa shape index (κ2) is 5.97. The number of hydrogen-bond donors (Lipinski definition) is 1. The Labute approximate surface area is 113 Å². The van der Waals surface area contributed by atoms with Gasteiger partial charge in [-0.05, 0) is 44.0 Å². The third-order valence-electron chi connectivity index (χ3n) is 3.36. The van der Waals surface area contributed by atoms with Gasteiger partial charge in [-0.2, -0.15) is 5.10 Å². The molecule has 0 aliphatic carbocycles. The quantitative estimate of drug-likeness (QED) is 0.897. The van der Waals surface area contributed by atoms with Gasteiger partial charge in [0.25, 0.3) is 0 Å². The lowest BCUT2D eigenvalue weighted by molar-refractivity contribution is 0.508. The second-order valence-electron chi connectivity index (χ2n) is 4.93. The molecule has 0 bridgehead atoms. The monoisotopic (exact) mass is 261 g/mol. The normalized spacial score (nSPS) is 12.6. The van der Waals surface area contributed by atoms with E-state index in [1.54, 1.807) is 10.7 Å². The fraction of sp³-hybridized carbons (Fsp3) is 0.400. The van der Waals surface area contributed by atoms with Crippen LogP contribution in [0.4, 0.5) is 4.39 Å². The molecule has 1 heterocycles. The van der Waals surface area contributed by atoms with Crippen molar-refractivity contribution < 1.29 is 4.39 Å². The predicted molar refractivity (Wildman–Crippen MR) is 74.5 cm³/mol. The van der Waals surface area contributed by atoms with Crippen molar-refractivity contribution in [2.75, 3.05) is 7.05 Å². The Morgan fingerprint density at radius 2 is 2.21 bits per heavy atom. The molecule has 0 radical (unpaired) electrons. The van der Waals surface area contributed by atoms with Crippen LogP contribution < -0.4 is 5.32 Å². The average Bonchev–Trinajstić information content (AvgIpc) is 2.78. The van der Waals surface area contributed by atoms with Crippen molar-refractivity contribution in [1.29, 1.82) is 0 Å². The first-order chi connectivity index (χ1) is 9.10. The Balaban J connectivity index is 2.07. The molecule has 2 rings (SSSR count). The Kier molecular flexibility index (Phi) is 4.32. The van der Waals surface area contributed by atoms with Crippen LogP contribution in [0.2, 0.25) is 0 Å². The van der Waals surface area contributed by atoms with E-state index in [9.17, 15) is 4.39 Å². The van der Waals surface area contributed by atoms with E-state index in [0.717, 1.165) is 24.0 Å². The van der Waals surface area contributed by atoms with Crippen LogP contribution in [0.1, 0.15) is 29.2 Å². The number of aryl methyl sites for hydroxylation is 3. The molecule has 0 fully saturated rings. The van der Waals surface area contributed by atoms with E-state index in [1.807, 2.05) is 45.5 Å². The number of nitrogens with one attached hydrogen (secondary N) is 1. The summed E-state index contributed by atoms with van der Waals surface area (Å²) in [5, 5.41) is 7.33. The average molecular weight is 261 g/mol. The molecule has 0 aliphatic heterocycles. The van der Waals surface area contributed by atoms with Crippen LogP contribution in [0, 0.1) is 12.7 Å². The fourth-order valence-electron chi connectivity index (χ4n) is 2.28. The lowest BCUT2D eigenvalue weighted by atomic mass is 9.99. The van der Waals surface area contributed by atoms with Crippen LogP contribution in [0.25, 0.3) is 0 Å². The zero-order valence-electron chi connectivity index (χ0n) is 11.7. The summed E-state index contributed by atoms with van der Waals surface area (Å²) in [6.07, 6.45) is 5.59. The first-order valence-corrected chi connectivity index (χ1v) is 6.51. The zero-order valence-corrected chi connectivity index (χ0v) is 11.7. The maximum Gasteiger partial charge on any atom is 0.128 e. The zero-order chi connectivity index (χ0) is 13.8. The Morgan fingerprint density at radius 3 is 2.79 bits per heavy atom. The number of nitrogens with zero attached hydrogens (tertiary/aromatic N) is 2. The van der Waals surface area contributed by atoms with Crippen LogP contribution in [0.15, 0.2) is 30.6 Å². The highest BCUT2D eigenvalue weighted by Crippen LogP contribution is 2.22. The van der Waals surface area contributed by atoms with Gasteiger partial charge in [-0.15, -0.1) is 0 Å². The molecule has 3 nitrogen and oxygen atoms in total. The van der Waals surface area contributed by atoms with E-state index < -0.39 is 0 Å². The number of rotatable bonds is 5. The summed E-state index contributed by atoms with van der Waals surface area (Å²) in [4.78, 5) is 0. The molecule has 2 aromatic rings. The minimum Gasteiger partial charge on any atom is -0.313 e. The van der Waals surface area contributed by atoms with Gasteiger partial charge in [-0.3, -0.25) is 4.68 Å². The SMILES string of the molecule is CNC(CCc1cnn(C)c1)c1ccc(C)cc1F. The minimum absolute atomic E-state index is 0.0285. The lowest BCUT2D eigenvalue weighted by Crippen LogP contribution is -2.18. The molecular weight excluding hydrogens is 241 g/mol. The van der Waals surface area contributed by atoms with Gasteiger partial charge in [0.05, 0.1) is 6.20 Å². The highest BCUT2D eigenvalue weighted by Gasteiger charge is 2.14. The molecule has 1 aromatic carbocycles. The molecule has 19 heavy (non-hydrogen) atoms. The van der Waals surface area contributed by atoms with Gasteiger partial charge < -0.3 is 5.32 Å². The van der Waals surface area contributed by atoms with Gasteiger partial charge in [0, 0.05) is 24.8 Å². The van der Waals surface area contributed by atoms with Crippen molar-refractivity contribution in [2.24, 2.45) is 7.05 Å². The number of hydrogen-bond acceptors (Lipinski definition) is 2. The molecule has 0 spiro atoms. The van der Waals surface area contributed by atoms with E-state index in [2.05, 4.69) is 10.4 Å². The van der Waals surface area contributed by atoms with Crippen LogP contribution in [-0.2, 0) is 13.5 Å². The van der Waals surface area contributed by atoms with Gasteiger partial charge in [0.1, 0.15) is 5.82 Å². The van der Waals surface area contributed by atoms with Crippen molar-refractivity contribution in [1.82, 2.24) is 15.1 Å². The van der Waals surface area contributed by atoms with E-state index in [1.165, 1.54) is 5.56 Å². The summed E-state index contributed by atoms with van der Waals surface area (Å²) in [5.41, 5.74) is 2.86. The first kappa shape index (κ1) is 13.7. The smallest absolute Gasteiger partial charge is 0.128 e. The number of aromatic nitrogens is 2. The Bertz CT molecular complexity index is 548. The fourth-order valence-corrected chi connectivity index (χ4v) is 2.28. The highest BCUT2D eigenvalue weighted by molar-refractivity contribution is 5.26. The van der Waals surface area contributed by atoms with Crippen LogP contribution in [0.3, 0.4) is 0 Å². The molecular formula is C15H20FN3. The Hall–Kier alpha value is -1.68. The molecule has 0 amide bonds. The molecule has 1 atom stereocenters. The predicted octanol–water partition coefficient (Wildman–Crippen LogP) is 2.76. The van der Waals surface area contributed by atoms with Gasteiger partial charge in [0.15, 0.2) is 0 Å². The van der Waals surface area contributed by atoms with Crippen molar-refractivity contribution in [3.8, 4) is 0 Å². The minimum atomic E-state index is -0.134. The molecule has 1 aromatic heterocycles.